The second-order valence-corrected chi connectivity index (χ2v) is 8.37. The molecule has 0 unspecified atom stereocenters. The molecule has 0 fully saturated rings. The molecule has 3 aromatic carbocycles. The molecule has 0 saturated carbocycles. The van der Waals surface area contributed by atoms with E-state index in [1.807, 2.05) is 43.3 Å². The fraction of sp³-hybridized carbons (Fsp3) is 0.120. The molecule has 0 bridgehead atoms. The van der Waals surface area contributed by atoms with Crippen molar-refractivity contribution in [3.63, 3.8) is 0 Å². The lowest BCUT2D eigenvalue weighted by Gasteiger charge is -2.27. The van der Waals surface area contributed by atoms with Gasteiger partial charge in [-0.15, -0.1) is 0 Å². The zero-order chi connectivity index (χ0) is 22.0. The summed E-state index contributed by atoms with van der Waals surface area (Å²) in [6.07, 6.45) is 1.56. The Hall–Kier alpha value is -3.38. The van der Waals surface area contributed by atoms with Crippen LogP contribution in [-0.2, 0) is 4.79 Å². The van der Waals surface area contributed by atoms with E-state index < -0.39 is 0 Å². The Balaban J connectivity index is 1.57. The van der Waals surface area contributed by atoms with E-state index in [1.165, 1.54) is 22.7 Å². The molecular weight excluding hydrogens is 411 g/mol. The van der Waals surface area contributed by atoms with Gasteiger partial charge in [-0.25, -0.2) is 4.39 Å². The molecule has 1 N–H and O–H groups in total. The lowest BCUT2D eigenvalue weighted by atomic mass is 10.1. The van der Waals surface area contributed by atoms with Crippen molar-refractivity contribution in [1.82, 2.24) is 5.32 Å². The summed E-state index contributed by atoms with van der Waals surface area (Å²) in [5.41, 5.74) is 2.50. The van der Waals surface area contributed by atoms with Crippen molar-refractivity contribution in [1.29, 1.82) is 0 Å². The number of carbonyl (C=O) groups is 2. The summed E-state index contributed by atoms with van der Waals surface area (Å²) in [6.45, 7) is 1.93. The molecule has 1 heterocycles. The molecule has 4 rings (SSSR count). The molecule has 1 atom stereocenters. The summed E-state index contributed by atoms with van der Waals surface area (Å²) in [5.74, 6) is -0.829. The van der Waals surface area contributed by atoms with Gasteiger partial charge < -0.3 is 10.2 Å². The van der Waals surface area contributed by atoms with Crippen LogP contribution in [0.2, 0.25) is 0 Å². The first-order chi connectivity index (χ1) is 14.9. The number of nitrogens with zero attached hydrogens (tertiary/aromatic N) is 1. The fourth-order valence-electron chi connectivity index (χ4n) is 3.37. The van der Waals surface area contributed by atoms with Gasteiger partial charge in [0.2, 0.25) is 0 Å². The van der Waals surface area contributed by atoms with Crippen LogP contribution in [0.15, 0.2) is 82.6 Å². The third kappa shape index (κ3) is 4.39. The zero-order valence-electron chi connectivity index (χ0n) is 17.1. The number of halogens is 1. The van der Waals surface area contributed by atoms with Gasteiger partial charge in [-0.05, 0) is 42.8 Å². The molecule has 0 spiro atoms. The molecule has 0 radical (unpaired) electrons. The summed E-state index contributed by atoms with van der Waals surface area (Å²) < 4.78 is 14.0. The minimum Gasteiger partial charge on any atom is -0.346 e. The number of nitrogens with one attached hydrogen (secondary N) is 1. The van der Waals surface area contributed by atoms with Gasteiger partial charge in [0.1, 0.15) is 5.82 Å². The highest BCUT2D eigenvalue weighted by Crippen LogP contribution is 2.42. The smallest absolute Gasteiger partial charge is 0.264 e. The van der Waals surface area contributed by atoms with Gasteiger partial charge in [0.25, 0.3) is 11.8 Å². The molecule has 3 aromatic rings. The Morgan fingerprint density at radius 1 is 1.06 bits per heavy atom. The number of likely N-dealkylation sites (N-methyl/N-ethyl adjacent to an activating group) is 1. The minimum atomic E-state index is -0.378. The van der Waals surface area contributed by atoms with E-state index in [9.17, 15) is 14.0 Å². The molecule has 2 amide bonds. The number of fused-ring (bicyclic) bond motifs is 1. The Labute approximate surface area is 184 Å². The van der Waals surface area contributed by atoms with E-state index in [2.05, 4.69) is 5.32 Å². The molecular formula is C25H21FN2O2S. The van der Waals surface area contributed by atoms with E-state index >= 15 is 0 Å². The van der Waals surface area contributed by atoms with Crippen molar-refractivity contribution in [2.75, 3.05) is 11.9 Å². The van der Waals surface area contributed by atoms with Crippen molar-refractivity contribution in [2.24, 2.45) is 0 Å². The number of anilines is 1. The van der Waals surface area contributed by atoms with E-state index in [0.717, 1.165) is 10.5 Å². The Kier molecular flexibility index (Phi) is 5.91. The average Bonchev–Trinajstić information content (AvgIpc) is 2.79. The lowest BCUT2D eigenvalue weighted by molar-refractivity contribution is -0.114. The predicted molar refractivity (Wildman–Crippen MR) is 122 cm³/mol. The molecule has 31 heavy (non-hydrogen) atoms. The van der Waals surface area contributed by atoms with Crippen LogP contribution in [0.3, 0.4) is 0 Å². The second kappa shape index (κ2) is 8.78. The lowest BCUT2D eigenvalue weighted by Crippen LogP contribution is -2.31. The molecule has 4 nitrogen and oxygen atoms in total. The maximum atomic E-state index is 14.0. The largest absolute Gasteiger partial charge is 0.346 e. The number of rotatable bonds is 4. The normalized spacial score (nSPS) is 15.5. The van der Waals surface area contributed by atoms with Crippen molar-refractivity contribution in [3.05, 3.63) is 100 Å². The maximum absolute atomic E-state index is 14.0. The highest BCUT2D eigenvalue weighted by molar-refractivity contribution is 8.04. The van der Waals surface area contributed by atoms with Gasteiger partial charge in [-0.3, -0.25) is 9.59 Å². The highest BCUT2D eigenvalue weighted by Gasteiger charge is 2.27. The SMILES string of the molecule is C[C@H](NC(=O)c1ccc2c(c1)N(C)C(=O)/C(=C/c1ccccc1F)S2)c1ccccc1. The first kappa shape index (κ1) is 20.9. The van der Waals surface area contributed by atoms with Crippen LogP contribution in [0.4, 0.5) is 10.1 Å². The number of carbonyl (C=O) groups excluding carboxylic acids is 2. The van der Waals surface area contributed by atoms with Crippen LogP contribution in [0, 0.1) is 5.82 Å². The quantitative estimate of drug-likeness (QED) is 0.560. The molecule has 0 aliphatic carbocycles. The van der Waals surface area contributed by atoms with E-state index in [1.54, 1.807) is 43.5 Å². The first-order valence-corrected chi connectivity index (χ1v) is 10.7. The van der Waals surface area contributed by atoms with Crippen molar-refractivity contribution in [2.45, 2.75) is 17.9 Å². The van der Waals surface area contributed by atoms with Crippen molar-refractivity contribution >= 4 is 35.3 Å². The predicted octanol–water partition coefficient (Wildman–Crippen LogP) is 5.43. The van der Waals surface area contributed by atoms with Crippen LogP contribution in [0.1, 0.15) is 34.5 Å². The van der Waals surface area contributed by atoms with Gasteiger partial charge in [0.15, 0.2) is 0 Å². The van der Waals surface area contributed by atoms with Gasteiger partial charge in [-0.2, -0.15) is 0 Å². The van der Waals surface area contributed by atoms with Crippen LogP contribution < -0.4 is 10.2 Å². The van der Waals surface area contributed by atoms with Crippen molar-refractivity contribution in [3.8, 4) is 0 Å². The second-order valence-electron chi connectivity index (χ2n) is 7.28. The number of hydrogen-bond acceptors (Lipinski definition) is 3. The average molecular weight is 433 g/mol. The molecule has 0 saturated heterocycles. The molecule has 0 aromatic heterocycles. The highest BCUT2D eigenvalue weighted by atomic mass is 32.2. The molecule has 1 aliphatic heterocycles. The number of benzene rings is 3. The van der Waals surface area contributed by atoms with Gasteiger partial charge in [-0.1, -0.05) is 60.3 Å². The molecule has 1 aliphatic rings. The van der Waals surface area contributed by atoms with Crippen molar-refractivity contribution < 1.29 is 14.0 Å². The van der Waals surface area contributed by atoms with Gasteiger partial charge >= 0.3 is 0 Å². The number of hydrogen-bond donors (Lipinski definition) is 1. The van der Waals surface area contributed by atoms with E-state index in [-0.39, 0.29) is 23.7 Å². The monoisotopic (exact) mass is 432 g/mol. The zero-order valence-corrected chi connectivity index (χ0v) is 17.9. The van der Waals surface area contributed by atoms with Crippen LogP contribution >= 0.6 is 11.8 Å². The summed E-state index contributed by atoms with van der Waals surface area (Å²) in [5, 5.41) is 2.99. The third-order valence-electron chi connectivity index (χ3n) is 5.16. The minimum absolute atomic E-state index is 0.145. The summed E-state index contributed by atoms with van der Waals surface area (Å²) in [4.78, 5) is 28.4. The van der Waals surface area contributed by atoms with Crippen LogP contribution in [-0.4, -0.2) is 18.9 Å². The number of amides is 2. The molecule has 6 heteroatoms. The van der Waals surface area contributed by atoms with E-state index in [0.29, 0.717) is 21.7 Å². The fourth-order valence-corrected chi connectivity index (χ4v) is 4.46. The Morgan fingerprint density at radius 3 is 2.52 bits per heavy atom. The Morgan fingerprint density at radius 2 is 1.77 bits per heavy atom. The van der Waals surface area contributed by atoms with E-state index in [4.69, 9.17) is 0 Å². The summed E-state index contributed by atoms with van der Waals surface area (Å²) in [7, 11) is 1.66. The third-order valence-corrected chi connectivity index (χ3v) is 6.23. The van der Waals surface area contributed by atoms with Gasteiger partial charge in [0.05, 0.1) is 16.6 Å². The van der Waals surface area contributed by atoms with Gasteiger partial charge in [0, 0.05) is 23.1 Å². The topological polar surface area (TPSA) is 49.4 Å². The first-order valence-electron chi connectivity index (χ1n) is 9.86. The van der Waals surface area contributed by atoms with Crippen LogP contribution in [0.5, 0.6) is 0 Å². The maximum Gasteiger partial charge on any atom is 0.264 e. The standard InChI is InChI=1S/C25H21FN2O2S/c1-16(17-8-4-3-5-9-17)27-24(29)19-12-13-22-21(14-19)28(2)25(30)23(31-22)15-18-10-6-7-11-20(18)26/h3-16H,1-2H3,(H,27,29)/b23-15-/t16-/m0/s1. The summed E-state index contributed by atoms with van der Waals surface area (Å²) >= 11 is 1.28. The Bertz CT molecular complexity index is 1180. The van der Waals surface area contributed by atoms with Crippen LogP contribution in [0.25, 0.3) is 6.08 Å². The number of thioether (sulfide) groups is 1. The molecule has 156 valence electrons. The summed E-state index contributed by atoms with van der Waals surface area (Å²) in [6, 6.07) is 21.2.